The van der Waals surface area contributed by atoms with Crippen LogP contribution in [0.2, 0.25) is 0 Å². The van der Waals surface area contributed by atoms with Crippen LogP contribution in [0.3, 0.4) is 0 Å². The molecular formula is C21H19BrClN3O2. The average Bonchev–Trinajstić information content (AvgIpc) is 3.05. The molecule has 1 aromatic heterocycles. The van der Waals surface area contributed by atoms with Gasteiger partial charge in [0.2, 0.25) is 0 Å². The number of ether oxygens (including phenoxy) is 1. The number of imidazole rings is 1. The zero-order valence-electron chi connectivity index (χ0n) is 14.9. The molecule has 0 saturated carbocycles. The number of H-pyrrole nitrogens is 2. The summed E-state index contributed by atoms with van der Waals surface area (Å²) in [5.41, 5.74) is 4.46. The Hall–Kier alpha value is -2.70. The summed E-state index contributed by atoms with van der Waals surface area (Å²) < 4.78 is 7.02. The SMILES string of the molecule is Cl.O=c1[nH]c2ccc(NCc3cc(Br)ccc3OCc3ccccc3)cc2[nH]1. The lowest BCUT2D eigenvalue weighted by Gasteiger charge is -2.14. The lowest BCUT2D eigenvalue weighted by molar-refractivity contribution is 0.303. The molecule has 0 unspecified atom stereocenters. The minimum atomic E-state index is -0.203. The molecule has 0 bridgehead atoms. The van der Waals surface area contributed by atoms with E-state index >= 15 is 0 Å². The number of halogens is 2. The second-order valence-corrected chi connectivity index (χ2v) is 7.14. The molecule has 0 aliphatic carbocycles. The zero-order valence-corrected chi connectivity index (χ0v) is 17.3. The summed E-state index contributed by atoms with van der Waals surface area (Å²) in [4.78, 5) is 16.9. The maximum atomic E-state index is 11.4. The van der Waals surface area contributed by atoms with Gasteiger partial charge >= 0.3 is 5.69 Å². The van der Waals surface area contributed by atoms with Gasteiger partial charge in [0.1, 0.15) is 12.4 Å². The van der Waals surface area contributed by atoms with Crippen molar-refractivity contribution >= 4 is 45.1 Å². The van der Waals surface area contributed by atoms with E-state index in [1.54, 1.807) is 0 Å². The van der Waals surface area contributed by atoms with E-state index in [0.29, 0.717) is 13.2 Å². The van der Waals surface area contributed by atoms with E-state index in [9.17, 15) is 4.79 Å². The molecule has 0 saturated heterocycles. The summed E-state index contributed by atoms with van der Waals surface area (Å²) in [6.07, 6.45) is 0. The lowest BCUT2D eigenvalue weighted by Crippen LogP contribution is -2.04. The van der Waals surface area contributed by atoms with E-state index < -0.39 is 0 Å². The standard InChI is InChI=1S/C21H18BrN3O2.ClH/c22-16-6-9-20(27-13-14-4-2-1-3-5-14)15(10-16)12-23-17-7-8-18-19(11-17)25-21(26)24-18;/h1-11,23H,12-13H2,(H2,24,25,26);1H. The van der Waals surface area contributed by atoms with Gasteiger partial charge < -0.3 is 20.0 Å². The van der Waals surface area contributed by atoms with Gasteiger partial charge in [-0.2, -0.15) is 0 Å². The number of rotatable bonds is 6. The first-order valence-electron chi connectivity index (χ1n) is 8.58. The molecule has 28 heavy (non-hydrogen) atoms. The fraction of sp³-hybridized carbons (Fsp3) is 0.0952. The van der Waals surface area contributed by atoms with Crippen molar-refractivity contribution in [3.05, 3.63) is 92.8 Å². The highest BCUT2D eigenvalue weighted by atomic mass is 79.9. The van der Waals surface area contributed by atoms with Crippen molar-refractivity contribution in [2.24, 2.45) is 0 Å². The molecule has 1 heterocycles. The molecule has 0 fully saturated rings. The van der Waals surface area contributed by atoms with E-state index in [4.69, 9.17) is 4.74 Å². The fourth-order valence-corrected chi connectivity index (χ4v) is 3.31. The number of benzene rings is 3. The first kappa shape index (κ1) is 20.0. The van der Waals surface area contributed by atoms with Crippen molar-refractivity contribution < 1.29 is 4.74 Å². The number of aromatic amines is 2. The molecule has 0 amide bonds. The molecule has 144 valence electrons. The minimum absolute atomic E-state index is 0. The molecule has 0 aliphatic rings. The number of nitrogens with one attached hydrogen (secondary N) is 3. The number of hydrogen-bond acceptors (Lipinski definition) is 3. The molecule has 3 aromatic carbocycles. The van der Waals surface area contributed by atoms with Crippen LogP contribution in [0.5, 0.6) is 5.75 Å². The third-order valence-corrected chi connectivity index (χ3v) is 4.75. The van der Waals surface area contributed by atoms with Crippen molar-refractivity contribution in [3.8, 4) is 5.75 Å². The maximum Gasteiger partial charge on any atom is 0.323 e. The molecule has 4 rings (SSSR count). The topological polar surface area (TPSA) is 69.9 Å². The molecule has 0 atom stereocenters. The molecule has 0 spiro atoms. The minimum Gasteiger partial charge on any atom is -0.489 e. The van der Waals surface area contributed by atoms with Gasteiger partial charge in [0.15, 0.2) is 0 Å². The van der Waals surface area contributed by atoms with Gasteiger partial charge in [-0.15, -0.1) is 12.4 Å². The summed E-state index contributed by atoms with van der Waals surface area (Å²) >= 11 is 3.53. The Balaban J connectivity index is 0.00000225. The summed E-state index contributed by atoms with van der Waals surface area (Å²) in [6.45, 7) is 1.12. The van der Waals surface area contributed by atoms with Gasteiger partial charge in [0, 0.05) is 22.3 Å². The molecular weight excluding hydrogens is 442 g/mol. The van der Waals surface area contributed by atoms with E-state index in [1.165, 1.54) is 0 Å². The monoisotopic (exact) mass is 459 g/mol. The van der Waals surface area contributed by atoms with Crippen molar-refractivity contribution in [2.45, 2.75) is 13.2 Å². The third-order valence-electron chi connectivity index (χ3n) is 4.26. The predicted octanol–water partition coefficient (Wildman–Crippen LogP) is 5.23. The number of hydrogen-bond donors (Lipinski definition) is 3. The van der Waals surface area contributed by atoms with Crippen LogP contribution in [0.1, 0.15) is 11.1 Å². The first-order valence-corrected chi connectivity index (χ1v) is 9.38. The van der Waals surface area contributed by atoms with Gasteiger partial charge in [-0.25, -0.2) is 4.79 Å². The summed E-state index contributed by atoms with van der Waals surface area (Å²) in [5.74, 6) is 0.839. The molecule has 0 radical (unpaired) electrons. The highest BCUT2D eigenvalue weighted by Crippen LogP contribution is 2.25. The number of anilines is 1. The van der Waals surface area contributed by atoms with E-state index in [-0.39, 0.29) is 18.1 Å². The predicted molar refractivity (Wildman–Crippen MR) is 118 cm³/mol. The second kappa shape index (κ2) is 8.99. The van der Waals surface area contributed by atoms with E-state index in [0.717, 1.165) is 38.1 Å². The van der Waals surface area contributed by atoms with Crippen LogP contribution >= 0.6 is 28.3 Å². The van der Waals surface area contributed by atoms with Crippen LogP contribution in [-0.4, -0.2) is 9.97 Å². The number of fused-ring (bicyclic) bond motifs is 1. The van der Waals surface area contributed by atoms with Crippen molar-refractivity contribution in [2.75, 3.05) is 5.32 Å². The Morgan fingerprint density at radius 2 is 1.71 bits per heavy atom. The van der Waals surface area contributed by atoms with Gasteiger partial charge in [-0.1, -0.05) is 46.3 Å². The molecule has 5 nitrogen and oxygen atoms in total. The zero-order chi connectivity index (χ0) is 18.6. The average molecular weight is 461 g/mol. The highest BCUT2D eigenvalue weighted by molar-refractivity contribution is 9.10. The fourth-order valence-electron chi connectivity index (χ4n) is 2.90. The molecule has 7 heteroatoms. The summed E-state index contributed by atoms with van der Waals surface area (Å²) in [6, 6.07) is 21.8. The van der Waals surface area contributed by atoms with Gasteiger partial charge in [-0.3, -0.25) is 0 Å². The summed E-state index contributed by atoms with van der Waals surface area (Å²) in [7, 11) is 0. The Bertz CT molecular complexity index is 1130. The number of aromatic nitrogens is 2. The van der Waals surface area contributed by atoms with Crippen molar-refractivity contribution in [3.63, 3.8) is 0 Å². The highest BCUT2D eigenvalue weighted by Gasteiger charge is 2.07. The van der Waals surface area contributed by atoms with Crippen LogP contribution in [-0.2, 0) is 13.2 Å². The second-order valence-electron chi connectivity index (χ2n) is 6.22. The largest absolute Gasteiger partial charge is 0.489 e. The van der Waals surface area contributed by atoms with Gasteiger partial charge in [0.05, 0.1) is 11.0 Å². The smallest absolute Gasteiger partial charge is 0.323 e. The Morgan fingerprint density at radius 3 is 2.54 bits per heavy atom. The van der Waals surface area contributed by atoms with Crippen LogP contribution in [0.15, 0.2) is 76.0 Å². The van der Waals surface area contributed by atoms with Gasteiger partial charge in [-0.05, 0) is 42.0 Å². The third kappa shape index (κ3) is 4.77. The Kier molecular flexibility index (Phi) is 6.44. The molecule has 3 N–H and O–H groups in total. The quantitative estimate of drug-likeness (QED) is 0.369. The Labute approximate surface area is 176 Å². The van der Waals surface area contributed by atoms with E-state index in [1.807, 2.05) is 66.7 Å². The first-order chi connectivity index (χ1) is 13.2. The van der Waals surface area contributed by atoms with Crippen LogP contribution in [0, 0.1) is 0 Å². The van der Waals surface area contributed by atoms with E-state index in [2.05, 4.69) is 31.2 Å². The molecule has 0 aliphatic heterocycles. The molecule has 4 aromatic rings. The van der Waals surface area contributed by atoms with Crippen molar-refractivity contribution in [1.82, 2.24) is 9.97 Å². The van der Waals surface area contributed by atoms with Crippen LogP contribution < -0.4 is 15.7 Å². The van der Waals surface area contributed by atoms with Crippen LogP contribution in [0.4, 0.5) is 5.69 Å². The lowest BCUT2D eigenvalue weighted by atomic mass is 10.2. The maximum absolute atomic E-state index is 11.4. The van der Waals surface area contributed by atoms with Crippen LogP contribution in [0.25, 0.3) is 11.0 Å². The van der Waals surface area contributed by atoms with Crippen molar-refractivity contribution in [1.29, 1.82) is 0 Å². The normalized spacial score (nSPS) is 10.5. The summed E-state index contributed by atoms with van der Waals surface area (Å²) in [5, 5.41) is 3.39. The van der Waals surface area contributed by atoms with Gasteiger partial charge in [0.25, 0.3) is 0 Å². The Morgan fingerprint density at radius 1 is 0.929 bits per heavy atom.